The lowest BCUT2D eigenvalue weighted by molar-refractivity contribution is 0.572. The van der Waals surface area contributed by atoms with Gasteiger partial charge in [-0.3, -0.25) is 0 Å². The van der Waals surface area contributed by atoms with Crippen LogP contribution in [0.3, 0.4) is 0 Å². The van der Waals surface area contributed by atoms with Gasteiger partial charge in [0, 0.05) is 18.7 Å². The monoisotopic (exact) mass is 440 g/mol. The summed E-state index contributed by atoms with van der Waals surface area (Å²) in [5.41, 5.74) is 3.05. The highest BCUT2D eigenvalue weighted by Gasteiger charge is 2.21. The van der Waals surface area contributed by atoms with Crippen molar-refractivity contribution >= 4 is 29.9 Å². The molecule has 130 valence electrons. The Morgan fingerprint density at radius 2 is 2.00 bits per heavy atom. The molecule has 0 bridgehead atoms. The maximum atomic E-state index is 5.57. The van der Waals surface area contributed by atoms with Gasteiger partial charge in [-0.1, -0.05) is 17.7 Å². The lowest BCUT2D eigenvalue weighted by Crippen LogP contribution is -2.38. The van der Waals surface area contributed by atoms with Crippen molar-refractivity contribution in [3.63, 3.8) is 0 Å². The smallest absolute Gasteiger partial charge is 0.226 e. The van der Waals surface area contributed by atoms with E-state index in [4.69, 9.17) is 4.42 Å². The molecular formula is C18H25IN4O. The maximum Gasteiger partial charge on any atom is 0.226 e. The zero-order chi connectivity index (χ0) is 16.1. The van der Waals surface area contributed by atoms with Crippen molar-refractivity contribution in [1.82, 2.24) is 15.6 Å². The number of rotatable bonds is 6. The first kappa shape index (κ1) is 18.8. The van der Waals surface area contributed by atoms with Crippen LogP contribution in [0.5, 0.6) is 0 Å². The fourth-order valence-corrected chi connectivity index (χ4v) is 2.27. The molecule has 2 aromatic rings. The van der Waals surface area contributed by atoms with E-state index in [1.165, 1.54) is 18.4 Å². The number of aryl methyl sites for hydroxylation is 1. The number of oxazole rings is 1. The Labute approximate surface area is 160 Å². The van der Waals surface area contributed by atoms with Crippen LogP contribution in [0.2, 0.25) is 0 Å². The molecule has 0 unspecified atom stereocenters. The number of aliphatic imine (C=N–C) groups is 1. The Morgan fingerprint density at radius 3 is 2.67 bits per heavy atom. The van der Waals surface area contributed by atoms with E-state index < -0.39 is 0 Å². The van der Waals surface area contributed by atoms with E-state index in [9.17, 15) is 0 Å². The van der Waals surface area contributed by atoms with Gasteiger partial charge in [0.05, 0.1) is 6.54 Å². The molecule has 1 fully saturated rings. The second-order valence-electron chi connectivity index (χ2n) is 6.03. The van der Waals surface area contributed by atoms with Gasteiger partial charge in [-0.2, -0.15) is 0 Å². The Balaban J connectivity index is 0.00000208. The minimum absolute atomic E-state index is 0. The molecule has 6 heteroatoms. The number of hydrogen-bond acceptors (Lipinski definition) is 3. The van der Waals surface area contributed by atoms with Crippen molar-refractivity contribution in [2.24, 2.45) is 10.9 Å². The SMILES string of the molecule is CCNC(=NCc1coc(-c2ccc(C)cc2)n1)NCC1CC1.I. The zero-order valence-corrected chi connectivity index (χ0v) is 16.5. The Kier molecular flexibility index (Phi) is 7.08. The van der Waals surface area contributed by atoms with Gasteiger partial charge in [-0.25, -0.2) is 9.98 Å². The van der Waals surface area contributed by atoms with Crippen LogP contribution < -0.4 is 10.6 Å². The average molecular weight is 440 g/mol. The summed E-state index contributed by atoms with van der Waals surface area (Å²) >= 11 is 0. The summed E-state index contributed by atoms with van der Waals surface area (Å²) in [6, 6.07) is 8.16. The van der Waals surface area contributed by atoms with E-state index in [0.29, 0.717) is 12.4 Å². The van der Waals surface area contributed by atoms with Gasteiger partial charge in [0.2, 0.25) is 5.89 Å². The van der Waals surface area contributed by atoms with Crippen molar-refractivity contribution in [2.45, 2.75) is 33.2 Å². The third kappa shape index (κ3) is 5.51. The van der Waals surface area contributed by atoms with Gasteiger partial charge in [0.1, 0.15) is 12.0 Å². The molecule has 24 heavy (non-hydrogen) atoms. The predicted octanol–water partition coefficient (Wildman–Crippen LogP) is 3.73. The molecule has 3 rings (SSSR count). The van der Waals surface area contributed by atoms with Crippen LogP contribution in [-0.2, 0) is 6.54 Å². The lowest BCUT2D eigenvalue weighted by Gasteiger charge is -2.09. The van der Waals surface area contributed by atoms with Gasteiger partial charge in [-0.15, -0.1) is 24.0 Å². The second-order valence-corrected chi connectivity index (χ2v) is 6.03. The number of halogens is 1. The molecule has 1 saturated carbocycles. The molecule has 0 aliphatic heterocycles. The normalized spacial score (nSPS) is 14.2. The van der Waals surface area contributed by atoms with Gasteiger partial charge in [0.15, 0.2) is 5.96 Å². The van der Waals surface area contributed by atoms with Crippen molar-refractivity contribution in [2.75, 3.05) is 13.1 Å². The van der Waals surface area contributed by atoms with Gasteiger partial charge < -0.3 is 15.1 Å². The summed E-state index contributed by atoms with van der Waals surface area (Å²) in [5.74, 6) is 2.31. The molecule has 5 nitrogen and oxygen atoms in total. The minimum atomic E-state index is 0. The first-order valence-corrected chi connectivity index (χ1v) is 8.28. The molecule has 1 heterocycles. The highest BCUT2D eigenvalue weighted by molar-refractivity contribution is 14.0. The molecule has 2 N–H and O–H groups in total. The van der Waals surface area contributed by atoms with E-state index >= 15 is 0 Å². The third-order valence-electron chi connectivity index (χ3n) is 3.85. The van der Waals surface area contributed by atoms with Gasteiger partial charge >= 0.3 is 0 Å². The van der Waals surface area contributed by atoms with Crippen LogP contribution in [0, 0.1) is 12.8 Å². The summed E-state index contributed by atoms with van der Waals surface area (Å²) in [7, 11) is 0. The summed E-state index contributed by atoms with van der Waals surface area (Å²) in [6.07, 6.45) is 4.34. The number of aromatic nitrogens is 1. The molecule has 0 saturated heterocycles. The van der Waals surface area contributed by atoms with Crippen LogP contribution in [0.15, 0.2) is 39.9 Å². The summed E-state index contributed by atoms with van der Waals surface area (Å²) in [5, 5.41) is 6.64. The number of nitrogens with one attached hydrogen (secondary N) is 2. The number of hydrogen-bond donors (Lipinski definition) is 2. The molecule has 0 amide bonds. The van der Waals surface area contributed by atoms with E-state index in [1.54, 1.807) is 6.26 Å². The molecule has 1 aliphatic rings. The average Bonchev–Trinajstić information content (AvgIpc) is 3.27. The molecule has 0 atom stereocenters. The molecule has 1 aromatic heterocycles. The van der Waals surface area contributed by atoms with Gasteiger partial charge in [0.25, 0.3) is 0 Å². The Morgan fingerprint density at radius 1 is 1.25 bits per heavy atom. The highest BCUT2D eigenvalue weighted by atomic mass is 127. The zero-order valence-electron chi connectivity index (χ0n) is 14.2. The summed E-state index contributed by atoms with van der Waals surface area (Å²) in [6.45, 7) is 6.49. The van der Waals surface area contributed by atoms with Crippen molar-refractivity contribution in [1.29, 1.82) is 0 Å². The highest BCUT2D eigenvalue weighted by Crippen LogP contribution is 2.27. The molecule has 0 spiro atoms. The van der Waals surface area contributed by atoms with Crippen molar-refractivity contribution in [3.8, 4) is 11.5 Å². The summed E-state index contributed by atoms with van der Waals surface area (Å²) in [4.78, 5) is 9.10. The molecule has 1 aliphatic carbocycles. The number of guanidine groups is 1. The predicted molar refractivity (Wildman–Crippen MR) is 108 cm³/mol. The van der Waals surface area contributed by atoms with Crippen LogP contribution in [0.1, 0.15) is 31.0 Å². The molecular weight excluding hydrogens is 415 g/mol. The van der Waals surface area contributed by atoms with E-state index in [2.05, 4.69) is 46.6 Å². The first-order valence-electron chi connectivity index (χ1n) is 8.28. The van der Waals surface area contributed by atoms with Crippen LogP contribution >= 0.6 is 24.0 Å². The largest absolute Gasteiger partial charge is 0.444 e. The fourth-order valence-electron chi connectivity index (χ4n) is 2.27. The fraction of sp³-hybridized carbons (Fsp3) is 0.444. The van der Waals surface area contributed by atoms with Crippen molar-refractivity contribution in [3.05, 3.63) is 41.8 Å². The summed E-state index contributed by atoms with van der Waals surface area (Å²) < 4.78 is 5.57. The topological polar surface area (TPSA) is 62.5 Å². The molecule has 0 radical (unpaired) electrons. The maximum absolute atomic E-state index is 5.57. The second kappa shape index (κ2) is 9.05. The van der Waals surface area contributed by atoms with Crippen molar-refractivity contribution < 1.29 is 4.42 Å². The Bertz CT molecular complexity index is 662. The standard InChI is InChI=1S/C18H24N4O.HI/c1-3-19-18(20-10-14-6-7-14)21-11-16-12-23-17(22-16)15-8-4-13(2)5-9-15;/h4-5,8-9,12,14H,3,6-7,10-11H2,1-2H3,(H2,19,20,21);1H. The van der Waals surface area contributed by atoms with Crippen LogP contribution in [0.4, 0.5) is 0 Å². The quantitative estimate of drug-likeness (QED) is 0.408. The number of nitrogens with zero attached hydrogens (tertiary/aromatic N) is 2. The molecule has 1 aromatic carbocycles. The van der Waals surface area contributed by atoms with Crippen LogP contribution in [-0.4, -0.2) is 24.0 Å². The van der Waals surface area contributed by atoms with E-state index in [1.807, 2.05) is 12.1 Å². The van der Waals surface area contributed by atoms with Gasteiger partial charge in [-0.05, 0) is 44.7 Å². The van der Waals surface area contributed by atoms with E-state index in [-0.39, 0.29) is 24.0 Å². The third-order valence-corrected chi connectivity index (χ3v) is 3.85. The first-order chi connectivity index (χ1) is 11.2. The van der Waals surface area contributed by atoms with Crippen LogP contribution in [0.25, 0.3) is 11.5 Å². The van der Waals surface area contributed by atoms with E-state index in [0.717, 1.165) is 36.2 Å². The number of benzene rings is 1. The lowest BCUT2D eigenvalue weighted by atomic mass is 10.1. The minimum Gasteiger partial charge on any atom is -0.444 e. The Hall–Kier alpha value is -1.57.